The molecule has 1 aromatic heterocycles. The van der Waals surface area contributed by atoms with Crippen LogP contribution in [0.1, 0.15) is 16.1 Å². The Hall–Kier alpha value is -3.12. The third kappa shape index (κ3) is 3.60. The number of carbonyl (C=O) groups excluding carboxylic acids is 1. The van der Waals surface area contributed by atoms with E-state index in [1.54, 1.807) is 12.3 Å². The molecular formula is C20H19N3O3. The highest BCUT2D eigenvalue weighted by Crippen LogP contribution is 2.18. The largest absolute Gasteiger partial charge is 0.451 e. The fourth-order valence-electron chi connectivity index (χ4n) is 2.91. The van der Waals surface area contributed by atoms with Gasteiger partial charge in [-0.15, -0.1) is 0 Å². The van der Waals surface area contributed by atoms with Gasteiger partial charge in [0, 0.05) is 24.2 Å². The molecule has 1 saturated heterocycles. The maximum atomic E-state index is 12.1. The summed E-state index contributed by atoms with van der Waals surface area (Å²) in [5.74, 6) is -0.131. The first-order valence-corrected chi connectivity index (χ1v) is 8.54. The number of morpholine rings is 1. The van der Waals surface area contributed by atoms with Crippen molar-refractivity contribution < 1.29 is 13.9 Å². The first kappa shape index (κ1) is 16.4. The average molecular weight is 349 g/mol. The van der Waals surface area contributed by atoms with Crippen molar-refractivity contribution in [3.05, 3.63) is 65.9 Å². The quantitative estimate of drug-likeness (QED) is 0.581. The monoisotopic (exact) mass is 349 g/mol. The number of hydrogen-bond donors (Lipinski definition) is 1. The zero-order valence-electron chi connectivity index (χ0n) is 14.2. The van der Waals surface area contributed by atoms with Gasteiger partial charge in [0.15, 0.2) is 5.76 Å². The van der Waals surface area contributed by atoms with E-state index in [9.17, 15) is 4.79 Å². The summed E-state index contributed by atoms with van der Waals surface area (Å²) in [6.45, 7) is 3.33. The lowest BCUT2D eigenvalue weighted by Gasteiger charge is -2.28. The van der Waals surface area contributed by atoms with Gasteiger partial charge in [0.2, 0.25) is 0 Å². The molecule has 0 atom stereocenters. The van der Waals surface area contributed by atoms with Crippen molar-refractivity contribution in [3.63, 3.8) is 0 Å². The molecule has 0 unspecified atom stereocenters. The van der Waals surface area contributed by atoms with Crippen LogP contribution in [0.15, 0.2) is 64.1 Å². The van der Waals surface area contributed by atoms with Crippen LogP contribution in [0.2, 0.25) is 0 Å². The summed E-state index contributed by atoms with van der Waals surface area (Å²) in [4.78, 5) is 14.4. The molecule has 2 heterocycles. The van der Waals surface area contributed by atoms with Gasteiger partial charge in [-0.05, 0) is 29.8 Å². The second kappa shape index (κ2) is 7.41. The number of nitrogens with zero attached hydrogens (tertiary/aromatic N) is 2. The van der Waals surface area contributed by atoms with Crippen LogP contribution >= 0.6 is 0 Å². The molecule has 0 aliphatic carbocycles. The molecule has 6 heteroatoms. The van der Waals surface area contributed by atoms with Crippen LogP contribution in [0.3, 0.4) is 0 Å². The third-order valence-electron chi connectivity index (χ3n) is 4.30. The normalized spacial score (nSPS) is 14.8. The summed E-state index contributed by atoms with van der Waals surface area (Å²) < 4.78 is 10.9. The molecule has 1 amide bonds. The number of benzene rings is 2. The molecule has 0 saturated carbocycles. The number of fused-ring (bicyclic) bond motifs is 1. The minimum Gasteiger partial charge on any atom is -0.451 e. The maximum Gasteiger partial charge on any atom is 0.307 e. The number of para-hydroxylation sites is 1. The number of carbonyl (C=O) groups is 1. The van der Waals surface area contributed by atoms with Gasteiger partial charge < -0.3 is 14.1 Å². The Morgan fingerprint density at radius 3 is 2.62 bits per heavy atom. The summed E-state index contributed by atoms with van der Waals surface area (Å²) in [5.41, 5.74) is 5.25. The van der Waals surface area contributed by atoms with Crippen LogP contribution in [0.4, 0.5) is 5.69 Å². The highest BCUT2D eigenvalue weighted by atomic mass is 16.5. The molecule has 132 valence electrons. The van der Waals surface area contributed by atoms with Gasteiger partial charge in [0.1, 0.15) is 5.58 Å². The standard InChI is InChI=1S/C20H19N3O3/c24-20(19-13-16-3-1-2-4-18(16)26-19)22-21-14-15-5-7-17(8-6-15)23-9-11-25-12-10-23/h1-8,13-14H,9-12H2,(H,22,24). The first-order valence-electron chi connectivity index (χ1n) is 8.54. The Kier molecular flexibility index (Phi) is 4.66. The number of hydrogen-bond acceptors (Lipinski definition) is 5. The molecule has 1 N–H and O–H groups in total. The van der Waals surface area contributed by atoms with E-state index in [4.69, 9.17) is 9.15 Å². The molecule has 1 fully saturated rings. The van der Waals surface area contributed by atoms with Crippen LogP contribution in [-0.2, 0) is 4.74 Å². The van der Waals surface area contributed by atoms with Crippen LogP contribution in [-0.4, -0.2) is 38.4 Å². The molecule has 2 aromatic carbocycles. The number of nitrogens with one attached hydrogen (secondary N) is 1. The Balaban J connectivity index is 1.37. The number of furan rings is 1. The van der Waals surface area contributed by atoms with Crippen molar-refractivity contribution >= 4 is 28.8 Å². The summed E-state index contributed by atoms with van der Waals surface area (Å²) in [6, 6.07) is 17.2. The molecule has 0 radical (unpaired) electrons. The van der Waals surface area contributed by atoms with Crippen molar-refractivity contribution in [3.8, 4) is 0 Å². The molecule has 1 aliphatic heterocycles. The van der Waals surface area contributed by atoms with Crippen molar-refractivity contribution in [2.75, 3.05) is 31.2 Å². The van der Waals surface area contributed by atoms with Gasteiger partial charge in [-0.25, -0.2) is 5.43 Å². The first-order chi connectivity index (χ1) is 12.8. The zero-order chi connectivity index (χ0) is 17.8. The van der Waals surface area contributed by atoms with Gasteiger partial charge in [-0.2, -0.15) is 5.10 Å². The molecule has 26 heavy (non-hydrogen) atoms. The second-order valence-corrected chi connectivity index (χ2v) is 6.04. The molecule has 1 aliphatic rings. The predicted octanol–water partition coefficient (Wildman–Crippen LogP) is 3.03. The lowest BCUT2D eigenvalue weighted by atomic mass is 10.2. The topological polar surface area (TPSA) is 67.1 Å². The SMILES string of the molecule is O=C(NN=Cc1ccc(N2CCOCC2)cc1)c1cc2ccccc2o1. The lowest BCUT2D eigenvalue weighted by molar-refractivity contribution is 0.0929. The summed E-state index contributed by atoms with van der Waals surface area (Å²) in [5, 5.41) is 4.90. The molecule has 0 bridgehead atoms. The van der Waals surface area contributed by atoms with Crippen molar-refractivity contribution in [2.24, 2.45) is 5.10 Å². The van der Waals surface area contributed by atoms with E-state index >= 15 is 0 Å². The Morgan fingerprint density at radius 1 is 1.08 bits per heavy atom. The van der Waals surface area contributed by atoms with Crippen molar-refractivity contribution in [2.45, 2.75) is 0 Å². The van der Waals surface area contributed by atoms with E-state index in [2.05, 4.69) is 15.4 Å². The van der Waals surface area contributed by atoms with Crippen molar-refractivity contribution in [1.82, 2.24) is 5.43 Å². The van der Waals surface area contributed by atoms with E-state index in [0.717, 1.165) is 42.9 Å². The Morgan fingerprint density at radius 2 is 1.85 bits per heavy atom. The number of hydrazone groups is 1. The summed E-state index contributed by atoms with van der Waals surface area (Å²) in [7, 11) is 0. The van der Waals surface area contributed by atoms with E-state index in [1.807, 2.05) is 48.5 Å². The molecule has 3 aromatic rings. The second-order valence-electron chi connectivity index (χ2n) is 6.04. The smallest absolute Gasteiger partial charge is 0.307 e. The van der Waals surface area contributed by atoms with Gasteiger partial charge in [0.05, 0.1) is 19.4 Å². The number of rotatable bonds is 4. The van der Waals surface area contributed by atoms with Crippen LogP contribution in [0.25, 0.3) is 11.0 Å². The molecule has 0 spiro atoms. The van der Waals surface area contributed by atoms with Gasteiger partial charge in [-0.1, -0.05) is 30.3 Å². The molecule has 6 nitrogen and oxygen atoms in total. The fraction of sp³-hybridized carbons (Fsp3) is 0.200. The Labute approximate surface area is 151 Å². The Bertz CT molecular complexity index is 892. The predicted molar refractivity (Wildman–Crippen MR) is 101 cm³/mol. The number of anilines is 1. The van der Waals surface area contributed by atoms with Crippen LogP contribution in [0.5, 0.6) is 0 Å². The minimum absolute atomic E-state index is 0.242. The van der Waals surface area contributed by atoms with Crippen LogP contribution in [0, 0.1) is 0 Å². The lowest BCUT2D eigenvalue weighted by Crippen LogP contribution is -2.36. The van der Waals surface area contributed by atoms with Gasteiger partial charge in [-0.3, -0.25) is 4.79 Å². The summed E-state index contributed by atoms with van der Waals surface area (Å²) in [6.07, 6.45) is 1.61. The van der Waals surface area contributed by atoms with E-state index in [-0.39, 0.29) is 11.7 Å². The van der Waals surface area contributed by atoms with E-state index < -0.39 is 0 Å². The van der Waals surface area contributed by atoms with E-state index in [0.29, 0.717) is 5.58 Å². The third-order valence-corrected chi connectivity index (χ3v) is 4.30. The van der Waals surface area contributed by atoms with E-state index in [1.165, 1.54) is 0 Å². The fourth-order valence-corrected chi connectivity index (χ4v) is 2.91. The average Bonchev–Trinajstić information content (AvgIpc) is 3.13. The number of amides is 1. The zero-order valence-corrected chi connectivity index (χ0v) is 14.2. The highest BCUT2D eigenvalue weighted by molar-refractivity contribution is 5.96. The summed E-state index contributed by atoms with van der Waals surface area (Å²) >= 11 is 0. The number of ether oxygens (including phenoxy) is 1. The van der Waals surface area contributed by atoms with Crippen LogP contribution < -0.4 is 10.3 Å². The van der Waals surface area contributed by atoms with Gasteiger partial charge in [0.25, 0.3) is 0 Å². The molecule has 4 rings (SSSR count). The van der Waals surface area contributed by atoms with Gasteiger partial charge >= 0.3 is 5.91 Å². The van der Waals surface area contributed by atoms with Crippen molar-refractivity contribution in [1.29, 1.82) is 0 Å². The molecular weight excluding hydrogens is 330 g/mol. The minimum atomic E-state index is -0.373. The maximum absolute atomic E-state index is 12.1. The highest BCUT2D eigenvalue weighted by Gasteiger charge is 2.12.